The van der Waals surface area contributed by atoms with Crippen molar-refractivity contribution in [2.75, 3.05) is 25.0 Å². The van der Waals surface area contributed by atoms with Crippen LogP contribution in [0.5, 0.6) is 0 Å². The number of aryl methyl sites for hydroxylation is 1. The van der Waals surface area contributed by atoms with Crippen LogP contribution in [0.4, 0.5) is 10.6 Å². The fraction of sp³-hybridized carbons (Fsp3) is 0.536. The van der Waals surface area contributed by atoms with Gasteiger partial charge in [0.05, 0.1) is 35.8 Å². The number of carboxylic acid groups (broad SMARTS) is 1. The number of hydrogen-bond acceptors (Lipinski definition) is 6. The molecule has 1 aliphatic heterocycles. The zero-order chi connectivity index (χ0) is 26.3. The molecule has 37 heavy (non-hydrogen) atoms. The molecule has 4 heterocycles. The predicted octanol–water partition coefficient (Wildman–Crippen LogP) is 4.09. The zero-order valence-electron chi connectivity index (χ0n) is 22.3. The van der Waals surface area contributed by atoms with Crippen molar-refractivity contribution in [2.24, 2.45) is 0 Å². The van der Waals surface area contributed by atoms with Crippen LogP contribution in [0.15, 0.2) is 36.5 Å². The lowest BCUT2D eigenvalue weighted by Crippen LogP contribution is -2.52. The molecule has 1 aliphatic carbocycles. The third-order valence-electron chi connectivity index (χ3n) is 7.83. The lowest BCUT2D eigenvalue weighted by Gasteiger charge is -2.38. The Labute approximate surface area is 218 Å². The molecular weight excluding hydrogens is 468 g/mol. The molecule has 0 unspecified atom stereocenters. The highest BCUT2D eigenvalue weighted by molar-refractivity contribution is 5.67. The Kier molecular flexibility index (Phi) is 6.85. The normalized spacial score (nSPS) is 20.0. The van der Waals surface area contributed by atoms with E-state index in [2.05, 4.69) is 22.9 Å². The fourth-order valence-electron chi connectivity index (χ4n) is 6.23. The third kappa shape index (κ3) is 4.78. The number of anilines is 1. The van der Waals surface area contributed by atoms with Crippen LogP contribution >= 0.6 is 0 Å². The van der Waals surface area contributed by atoms with E-state index in [0.29, 0.717) is 13.1 Å². The number of rotatable bonds is 6. The smallest absolute Gasteiger partial charge is 0.408 e. The summed E-state index contributed by atoms with van der Waals surface area (Å²) in [5.41, 5.74) is 4.42. The molecule has 0 spiro atoms. The predicted molar refractivity (Wildman–Crippen MR) is 143 cm³/mol. The van der Waals surface area contributed by atoms with Crippen LogP contribution in [0, 0.1) is 0 Å². The highest BCUT2D eigenvalue weighted by Crippen LogP contribution is 2.34. The van der Waals surface area contributed by atoms with Gasteiger partial charge in [0.1, 0.15) is 11.5 Å². The van der Waals surface area contributed by atoms with Gasteiger partial charge >= 0.3 is 6.09 Å². The quantitative estimate of drug-likeness (QED) is 0.520. The van der Waals surface area contributed by atoms with E-state index in [-0.39, 0.29) is 18.7 Å². The maximum absolute atomic E-state index is 12.1. The molecule has 0 bridgehead atoms. The summed E-state index contributed by atoms with van der Waals surface area (Å²) in [5.74, 6) is 0.939. The van der Waals surface area contributed by atoms with Gasteiger partial charge < -0.3 is 15.1 Å². The number of aliphatic hydroxyl groups excluding tert-OH is 1. The maximum Gasteiger partial charge on any atom is 0.408 e. The van der Waals surface area contributed by atoms with Gasteiger partial charge in [-0.05, 0) is 77.3 Å². The van der Waals surface area contributed by atoms with Crippen molar-refractivity contribution in [3.05, 3.63) is 59.2 Å². The molecule has 3 aromatic heterocycles. The molecule has 0 radical (unpaired) electrons. The number of aliphatic hydroxyl groups is 1. The van der Waals surface area contributed by atoms with Crippen molar-refractivity contribution < 1.29 is 15.0 Å². The van der Waals surface area contributed by atoms with Gasteiger partial charge in [0.15, 0.2) is 0 Å². The minimum atomic E-state index is -0.889. The van der Waals surface area contributed by atoms with E-state index >= 15 is 0 Å². The molecule has 5 rings (SSSR count). The van der Waals surface area contributed by atoms with E-state index in [1.54, 1.807) is 4.90 Å². The molecule has 9 nitrogen and oxygen atoms in total. The molecule has 2 atom stereocenters. The van der Waals surface area contributed by atoms with Crippen LogP contribution in [0.3, 0.4) is 0 Å². The molecule has 3 aromatic rings. The monoisotopic (exact) mass is 506 g/mol. The van der Waals surface area contributed by atoms with E-state index < -0.39 is 11.6 Å². The number of hydrogen-bond donors (Lipinski definition) is 2. The first kappa shape index (κ1) is 25.5. The molecule has 1 amide bonds. The van der Waals surface area contributed by atoms with Crippen molar-refractivity contribution in [1.82, 2.24) is 24.2 Å². The number of aromatic nitrogens is 3. The summed E-state index contributed by atoms with van der Waals surface area (Å²) in [6.07, 6.45) is 4.99. The lowest BCUT2D eigenvalue weighted by atomic mass is 9.91. The first-order valence-electron chi connectivity index (χ1n) is 13.2. The molecule has 1 saturated heterocycles. The van der Waals surface area contributed by atoms with Crippen LogP contribution in [-0.4, -0.2) is 72.2 Å². The van der Waals surface area contributed by atoms with Crippen LogP contribution in [0.25, 0.3) is 5.65 Å². The van der Waals surface area contributed by atoms with Crippen LogP contribution in [0.1, 0.15) is 68.7 Å². The molecule has 2 aliphatic rings. The van der Waals surface area contributed by atoms with Gasteiger partial charge in [-0.25, -0.2) is 9.78 Å². The Hall–Kier alpha value is -3.17. The second kappa shape index (κ2) is 9.95. The summed E-state index contributed by atoms with van der Waals surface area (Å²) in [4.78, 5) is 27.8. The molecule has 1 fully saturated rings. The van der Waals surface area contributed by atoms with E-state index in [1.807, 2.05) is 55.6 Å². The Morgan fingerprint density at radius 3 is 2.73 bits per heavy atom. The number of nitrogens with zero attached hydrogens (tertiary/aromatic N) is 6. The molecule has 9 heteroatoms. The molecule has 0 saturated carbocycles. The largest absolute Gasteiger partial charge is 0.465 e. The Bertz CT molecular complexity index is 1280. The zero-order valence-corrected chi connectivity index (χ0v) is 22.3. The molecule has 0 aromatic carbocycles. The van der Waals surface area contributed by atoms with E-state index in [4.69, 9.17) is 9.97 Å². The van der Waals surface area contributed by atoms with Crippen LogP contribution in [0.2, 0.25) is 0 Å². The average Bonchev–Trinajstić information content (AvgIpc) is 3.46. The number of fused-ring (bicyclic) bond motifs is 2. The molecule has 2 N–H and O–H groups in total. The topological polar surface area (TPSA) is 97.4 Å². The number of amides is 1. The van der Waals surface area contributed by atoms with Gasteiger partial charge in [-0.15, -0.1) is 0 Å². The lowest BCUT2D eigenvalue weighted by molar-refractivity contribution is 0.0763. The summed E-state index contributed by atoms with van der Waals surface area (Å²) in [6, 6.07) is 10.3. The average molecular weight is 507 g/mol. The van der Waals surface area contributed by atoms with E-state index in [0.717, 1.165) is 60.8 Å². The minimum absolute atomic E-state index is 0.0988. The van der Waals surface area contributed by atoms with Gasteiger partial charge in [0.2, 0.25) is 0 Å². The summed E-state index contributed by atoms with van der Waals surface area (Å²) >= 11 is 0. The van der Waals surface area contributed by atoms with Gasteiger partial charge in [0.25, 0.3) is 0 Å². The summed E-state index contributed by atoms with van der Waals surface area (Å²) in [5, 5.41) is 20.4. The van der Waals surface area contributed by atoms with Crippen molar-refractivity contribution in [2.45, 2.75) is 77.2 Å². The number of carbonyl (C=O) groups is 1. The fourth-order valence-corrected chi connectivity index (χ4v) is 6.23. The van der Waals surface area contributed by atoms with Crippen molar-refractivity contribution in [1.29, 1.82) is 0 Å². The van der Waals surface area contributed by atoms with Crippen LogP contribution < -0.4 is 4.90 Å². The van der Waals surface area contributed by atoms with Gasteiger partial charge in [-0.3, -0.25) is 19.2 Å². The summed E-state index contributed by atoms with van der Waals surface area (Å²) in [7, 11) is 2.11. The SMILES string of the molecule is CN(Cc1nc2cccc(N3CC[C@@H](N(C(=O)O)C(C)(C)C)C3)n2c1CO)[C@H]1CCCc2cccnc21. The summed E-state index contributed by atoms with van der Waals surface area (Å²) in [6.45, 7) is 7.64. The summed E-state index contributed by atoms with van der Waals surface area (Å²) < 4.78 is 2.04. The van der Waals surface area contributed by atoms with Crippen molar-refractivity contribution in [3.63, 3.8) is 0 Å². The Morgan fingerprint density at radius 2 is 2.00 bits per heavy atom. The third-order valence-corrected chi connectivity index (χ3v) is 7.83. The minimum Gasteiger partial charge on any atom is -0.465 e. The number of imidazole rings is 1. The van der Waals surface area contributed by atoms with Crippen LogP contribution in [-0.2, 0) is 19.6 Å². The molecule has 198 valence electrons. The highest BCUT2D eigenvalue weighted by Gasteiger charge is 2.38. The molecular formula is C28H38N6O3. The second-order valence-corrected chi connectivity index (χ2v) is 11.3. The van der Waals surface area contributed by atoms with E-state index in [9.17, 15) is 15.0 Å². The van der Waals surface area contributed by atoms with Gasteiger partial charge in [-0.1, -0.05) is 12.1 Å². The highest BCUT2D eigenvalue weighted by atomic mass is 16.4. The van der Waals surface area contributed by atoms with E-state index in [1.165, 1.54) is 5.56 Å². The first-order chi connectivity index (χ1) is 17.7. The maximum atomic E-state index is 12.1. The van der Waals surface area contributed by atoms with Crippen molar-refractivity contribution in [3.8, 4) is 0 Å². The second-order valence-electron chi connectivity index (χ2n) is 11.3. The van der Waals surface area contributed by atoms with Crippen molar-refractivity contribution >= 4 is 17.6 Å². The first-order valence-corrected chi connectivity index (χ1v) is 13.2. The Balaban J connectivity index is 1.43. The van der Waals surface area contributed by atoms with Gasteiger partial charge in [-0.2, -0.15) is 0 Å². The van der Waals surface area contributed by atoms with Gasteiger partial charge in [0, 0.05) is 31.4 Å². The Morgan fingerprint density at radius 1 is 1.19 bits per heavy atom. The standard InChI is InChI=1S/C28H38N6O3/c1-28(2,3)34(27(36)37)20-13-15-32(16-20)25-12-6-11-24-30-21(23(18-35)33(24)25)17-31(4)22-10-5-8-19-9-7-14-29-26(19)22/h6-7,9,11-12,14,20,22,35H,5,8,10,13,15-18H2,1-4H3,(H,36,37)/t20-,22+/m1/s1. The number of pyridine rings is 2.